The summed E-state index contributed by atoms with van der Waals surface area (Å²) in [5.41, 5.74) is 1.32. The molecular formula is C48H54Cl2FN9O6. The molecule has 3 aromatic carbocycles. The number of imide groups is 1. The van der Waals surface area contributed by atoms with Crippen LogP contribution in [-0.2, 0) is 36.4 Å². The molecule has 5 aliphatic heterocycles. The Balaban J connectivity index is 0.764. The molecule has 1 aromatic heterocycles. The van der Waals surface area contributed by atoms with E-state index in [0.717, 1.165) is 24.9 Å². The predicted octanol–water partition coefficient (Wildman–Crippen LogP) is 4.73. The van der Waals surface area contributed by atoms with Crippen molar-refractivity contribution in [3.63, 3.8) is 0 Å². The van der Waals surface area contributed by atoms with Crippen molar-refractivity contribution in [2.24, 2.45) is 7.05 Å². The van der Waals surface area contributed by atoms with Crippen molar-refractivity contribution in [2.45, 2.75) is 99.2 Å². The number of carbonyl (C=O) groups excluding carboxylic acids is 5. The van der Waals surface area contributed by atoms with E-state index in [1.54, 1.807) is 31.3 Å². The minimum absolute atomic E-state index is 0.0696. The first-order valence-corrected chi connectivity index (χ1v) is 24.0. The third-order valence-electron chi connectivity index (χ3n) is 15.5. The van der Waals surface area contributed by atoms with Gasteiger partial charge >= 0.3 is 5.69 Å². The first kappa shape index (κ1) is 44.5. The van der Waals surface area contributed by atoms with Crippen molar-refractivity contribution < 1.29 is 28.4 Å². The zero-order valence-corrected chi connectivity index (χ0v) is 38.4. The molecule has 4 N–H and O–H groups in total. The number of aryl methyl sites for hydroxylation is 1. The predicted molar refractivity (Wildman–Crippen MR) is 248 cm³/mol. The Kier molecular flexibility index (Phi) is 11.8. The van der Waals surface area contributed by atoms with Gasteiger partial charge in [0.25, 0.3) is 0 Å². The molecule has 4 atom stereocenters. The summed E-state index contributed by atoms with van der Waals surface area (Å²) in [6.45, 7) is 4.34. The number of anilines is 2. The van der Waals surface area contributed by atoms with Crippen LogP contribution in [0, 0.1) is 5.82 Å². The van der Waals surface area contributed by atoms with Crippen LogP contribution in [0.2, 0.25) is 10.0 Å². The van der Waals surface area contributed by atoms with Gasteiger partial charge in [0, 0.05) is 99.6 Å². The molecule has 5 amide bonds. The van der Waals surface area contributed by atoms with Gasteiger partial charge in [-0.1, -0.05) is 60.7 Å². The number of imidazole rings is 1. The molecule has 0 radical (unpaired) electrons. The van der Waals surface area contributed by atoms with Gasteiger partial charge in [0.1, 0.15) is 17.3 Å². The van der Waals surface area contributed by atoms with Crippen molar-refractivity contribution in [3.05, 3.63) is 92.1 Å². The summed E-state index contributed by atoms with van der Waals surface area (Å²) in [5.74, 6) is -2.81. The fourth-order valence-electron chi connectivity index (χ4n) is 12.2. The van der Waals surface area contributed by atoms with E-state index in [-0.39, 0.29) is 58.8 Å². The monoisotopic (exact) mass is 941 g/mol. The van der Waals surface area contributed by atoms with Gasteiger partial charge in [0.05, 0.1) is 22.1 Å². The number of piperidine rings is 2. The molecule has 1 unspecified atom stereocenters. The molecule has 5 fully saturated rings. The number of piperazine rings is 1. The Hall–Kier alpha value is -5.29. The van der Waals surface area contributed by atoms with Gasteiger partial charge in [-0.05, 0) is 79.6 Å². The molecule has 10 rings (SSSR count). The molecule has 66 heavy (non-hydrogen) atoms. The summed E-state index contributed by atoms with van der Waals surface area (Å²) in [4.78, 5) is 86.8. The summed E-state index contributed by atoms with van der Waals surface area (Å²) < 4.78 is 19.3. The SMILES string of the molecule is Cn1c(=O)n(C2CCC(=O)NC2=O)c2ccc(N3CCN(C(=O)CCN4CCC(NC(=O)[C@@H]5NC6(CCCCC6)[C@@]6(C(=O)Nc7cc(Cl)ccc76)[C@H]5c5cccc(Cl)c5F)CC4)CC3)cc21. The molecule has 348 valence electrons. The van der Waals surface area contributed by atoms with E-state index in [1.165, 1.54) is 15.2 Å². The molecule has 18 heteroatoms. The number of rotatable bonds is 8. The Morgan fingerprint density at radius 1 is 0.864 bits per heavy atom. The van der Waals surface area contributed by atoms with E-state index in [1.807, 2.05) is 29.2 Å². The molecule has 4 aromatic rings. The highest BCUT2D eigenvalue weighted by Gasteiger charge is 2.72. The number of carbonyl (C=O) groups is 5. The van der Waals surface area contributed by atoms with Crippen LogP contribution in [-0.4, -0.2) is 112 Å². The highest BCUT2D eigenvalue weighted by Crippen LogP contribution is 2.62. The second-order valence-corrected chi connectivity index (χ2v) is 19.8. The van der Waals surface area contributed by atoms with Gasteiger partial charge in [-0.2, -0.15) is 0 Å². The minimum Gasteiger partial charge on any atom is -0.368 e. The number of nitrogens with one attached hydrogen (secondary N) is 4. The molecule has 0 bridgehead atoms. The first-order valence-electron chi connectivity index (χ1n) is 23.2. The quantitative estimate of drug-likeness (QED) is 0.183. The first-order chi connectivity index (χ1) is 31.8. The van der Waals surface area contributed by atoms with Gasteiger partial charge in [-0.25, -0.2) is 9.18 Å². The number of nitrogens with zero attached hydrogens (tertiary/aromatic N) is 5. The average Bonchev–Trinajstić information content (AvgIpc) is 3.87. The summed E-state index contributed by atoms with van der Waals surface area (Å²) in [5, 5.41) is 12.8. The Morgan fingerprint density at radius 3 is 2.36 bits per heavy atom. The third-order valence-corrected chi connectivity index (χ3v) is 16.0. The maximum atomic E-state index is 16.3. The third kappa shape index (κ3) is 7.39. The second-order valence-electron chi connectivity index (χ2n) is 18.9. The number of hydrogen-bond acceptors (Lipinski definition) is 9. The summed E-state index contributed by atoms with van der Waals surface area (Å²) in [6.07, 6.45) is 6.15. The van der Waals surface area contributed by atoms with E-state index >= 15 is 4.39 Å². The zero-order valence-electron chi connectivity index (χ0n) is 36.8. The smallest absolute Gasteiger partial charge is 0.329 e. The molecule has 6 heterocycles. The van der Waals surface area contributed by atoms with Crippen molar-refractivity contribution in [2.75, 3.05) is 56.0 Å². The Bertz CT molecular complexity index is 2700. The van der Waals surface area contributed by atoms with Crippen LogP contribution in [0.1, 0.15) is 87.3 Å². The molecule has 2 spiro atoms. The number of aromatic nitrogens is 2. The standard InChI is InChI=1S/C48H54Cl2FN9O6/c1-56-37-27-30(9-11-35(37)60(46(56)66)36-12-13-38(61)54-43(36)63)58-22-24-59(25-23-58)39(62)16-21-57-19-14-29(15-20-57)52-44(64)42-40(31-6-5-7-33(50)41(31)51)48(47(55-42)17-3-2-4-18-47)32-10-8-28(49)26-34(32)53-45(48)65/h5-11,26-27,29,36,40,42,55H,2-4,12-25H2,1H3,(H,52,64)(H,53,65)(H,54,61,63)/t36?,40-,42+,48+/m0/s1. The summed E-state index contributed by atoms with van der Waals surface area (Å²) in [6, 6.07) is 14.0. The van der Waals surface area contributed by atoms with E-state index in [0.29, 0.717) is 105 Å². The van der Waals surface area contributed by atoms with Crippen molar-refractivity contribution in [3.8, 4) is 0 Å². The number of likely N-dealkylation sites (tertiary alicyclic amines) is 1. The lowest BCUT2D eigenvalue weighted by Crippen LogP contribution is -2.60. The summed E-state index contributed by atoms with van der Waals surface area (Å²) in [7, 11) is 1.68. The normalized spacial score (nSPS) is 25.7. The minimum atomic E-state index is -1.30. The van der Waals surface area contributed by atoms with Crippen LogP contribution in [0.15, 0.2) is 59.4 Å². The molecule has 4 saturated heterocycles. The Labute approximate surface area is 391 Å². The van der Waals surface area contributed by atoms with E-state index in [4.69, 9.17) is 23.2 Å². The largest absolute Gasteiger partial charge is 0.368 e. The number of benzene rings is 3. The number of fused-ring (bicyclic) bond motifs is 4. The van der Waals surface area contributed by atoms with Crippen LogP contribution in [0.25, 0.3) is 11.0 Å². The highest BCUT2D eigenvalue weighted by molar-refractivity contribution is 6.31. The maximum absolute atomic E-state index is 16.3. The van der Waals surface area contributed by atoms with Gasteiger partial charge in [0.15, 0.2) is 0 Å². The average molecular weight is 943 g/mol. The van der Waals surface area contributed by atoms with E-state index in [9.17, 15) is 28.8 Å². The fraction of sp³-hybridized carbons (Fsp3) is 0.500. The lowest BCUT2D eigenvalue weighted by atomic mass is 9.55. The fourth-order valence-corrected chi connectivity index (χ4v) is 12.6. The zero-order chi connectivity index (χ0) is 46.1. The van der Waals surface area contributed by atoms with Crippen LogP contribution >= 0.6 is 23.2 Å². The van der Waals surface area contributed by atoms with Crippen molar-refractivity contribution in [1.82, 2.24) is 34.9 Å². The maximum Gasteiger partial charge on any atom is 0.329 e. The van der Waals surface area contributed by atoms with Crippen LogP contribution in [0.3, 0.4) is 0 Å². The van der Waals surface area contributed by atoms with E-state index in [2.05, 4.69) is 31.1 Å². The van der Waals surface area contributed by atoms with E-state index < -0.39 is 40.7 Å². The van der Waals surface area contributed by atoms with Gasteiger partial charge in [0.2, 0.25) is 29.5 Å². The number of halogens is 3. The lowest BCUT2D eigenvalue weighted by Gasteiger charge is -2.47. The molecule has 1 aliphatic carbocycles. The molecule has 1 saturated carbocycles. The Morgan fingerprint density at radius 2 is 1.62 bits per heavy atom. The second kappa shape index (κ2) is 17.4. The van der Waals surface area contributed by atoms with Gasteiger partial charge in [-0.15, -0.1) is 0 Å². The van der Waals surface area contributed by atoms with Crippen LogP contribution < -0.4 is 31.9 Å². The number of amides is 5. The van der Waals surface area contributed by atoms with Crippen molar-refractivity contribution >= 4 is 75.1 Å². The topological polar surface area (TPSA) is 170 Å². The van der Waals surface area contributed by atoms with Crippen molar-refractivity contribution in [1.29, 1.82) is 0 Å². The molecule has 6 aliphatic rings. The summed E-state index contributed by atoms with van der Waals surface area (Å²) >= 11 is 12.8. The number of hydrogen-bond donors (Lipinski definition) is 4. The van der Waals surface area contributed by atoms with Gasteiger partial charge < -0.3 is 25.3 Å². The lowest BCUT2D eigenvalue weighted by molar-refractivity contribution is -0.136. The van der Waals surface area contributed by atoms with Crippen LogP contribution in [0.5, 0.6) is 0 Å². The van der Waals surface area contributed by atoms with Gasteiger partial charge in [-0.3, -0.25) is 43.7 Å². The molecular weight excluding hydrogens is 888 g/mol. The highest BCUT2D eigenvalue weighted by atomic mass is 35.5. The molecule has 15 nitrogen and oxygen atoms in total. The van der Waals surface area contributed by atoms with Crippen LogP contribution in [0.4, 0.5) is 15.8 Å².